The number of rotatable bonds is 1. The normalized spacial score (nSPS) is 10.9. The monoisotopic (exact) mass is 140 g/mol. The number of aryl methyl sites for hydroxylation is 1. The van der Waals surface area contributed by atoms with Gasteiger partial charge in [0.05, 0.1) is 0 Å². The molecule has 1 nitrogen and oxygen atoms in total. The van der Waals surface area contributed by atoms with E-state index in [0.29, 0.717) is 0 Å². The Balaban J connectivity index is 3.01. The summed E-state index contributed by atoms with van der Waals surface area (Å²) in [5.74, 6) is 0. The van der Waals surface area contributed by atoms with Gasteiger partial charge in [-0.25, -0.2) is 0 Å². The molecule has 0 aliphatic carbocycles. The van der Waals surface area contributed by atoms with Gasteiger partial charge in [0.15, 0.2) is 0 Å². The lowest BCUT2D eigenvalue weighted by Crippen LogP contribution is -1.96. The third-order valence-corrected chi connectivity index (χ3v) is 2.07. The van der Waals surface area contributed by atoms with E-state index < -0.39 is 0 Å². The highest BCUT2D eigenvalue weighted by Crippen LogP contribution is 2.05. The van der Waals surface area contributed by atoms with Crippen LogP contribution in [0.1, 0.15) is 5.56 Å². The lowest BCUT2D eigenvalue weighted by molar-refractivity contribution is 0.655. The van der Waals surface area contributed by atoms with Crippen LogP contribution in [0.25, 0.3) is 0 Å². The summed E-state index contributed by atoms with van der Waals surface area (Å²) < 4.78 is 0. The number of benzene rings is 1. The van der Waals surface area contributed by atoms with Crippen LogP contribution < -0.4 is 5.30 Å². The fraction of sp³-hybridized carbons (Fsp3) is 0.143. The predicted octanol–water partition coefficient (Wildman–Crippen LogP) is 1.21. The fourth-order valence-corrected chi connectivity index (χ4v) is 1.13. The molecule has 1 rings (SSSR count). The van der Waals surface area contributed by atoms with Gasteiger partial charge < -0.3 is 4.89 Å². The van der Waals surface area contributed by atoms with Gasteiger partial charge >= 0.3 is 0 Å². The summed E-state index contributed by atoms with van der Waals surface area (Å²) in [6, 6.07) is 7.84. The van der Waals surface area contributed by atoms with Gasteiger partial charge in [-0.15, -0.1) is 0 Å². The molecule has 0 radical (unpaired) electrons. The van der Waals surface area contributed by atoms with Crippen LogP contribution in [-0.2, 0) is 0 Å². The van der Waals surface area contributed by atoms with Crippen LogP contribution in [0, 0.1) is 6.92 Å². The van der Waals surface area contributed by atoms with E-state index in [2.05, 4.69) is 0 Å². The largest absolute Gasteiger partial charge is 0.372 e. The molecule has 1 aromatic rings. The van der Waals surface area contributed by atoms with Crippen LogP contribution in [-0.4, -0.2) is 4.89 Å². The molecule has 0 aromatic heterocycles. The van der Waals surface area contributed by atoms with Crippen molar-refractivity contribution >= 4 is 14.1 Å². The first kappa shape index (κ1) is 6.73. The molecule has 9 heavy (non-hydrogen) atoms. The van der Waals surface area contributed by atoms with Crippen molar-refractivity contribution < 1.29 is 4.89 Å². The highest BCUT2D eigenvalue weighted by molar-refractivity contribution is 7.41. The first-order chi connectivity index (χ1) is 4.34. The van der Waals surface area contributed by atoms with Crippen molar-refractivity contribution in [3.05, 3.63) is 29.8 Å². The topological polar surface area (TPSA) is 20.2 Å². The van der Waals surface area contributed by atoms with E-state index in [9.17, 15) is 0 Å². The van der Waals surface area contributed by atoms with Crippen LogP contribution >= 0.6 is 8.81 Å². The van der Waals surface area contributed by atoms with Gasteiger partial charge in [-0.05, 0) is 12.5 Å². The molecule has 48 valence electrons. The lowest BCUT2D eigenvalue weighted by Gasteiger charge is -1.97. The second-order valence-electron chi connectivity index (χ2n) is 1.93. The molecular formula is C7H9OP. The molecule has 0 spiro atoms. The lowest BCUT2D eigenvalue weighted by atomic mass is 10.2. The summed E-state index contributed by atoms with van der Waals surface area (Å²) in [6.07, 6.45) is 0. The molecule has 0 fully saturated rings. The van der Waals surface area contributed by atoms with Crippen molar-refractivity contribution in [1.29, 1.82) is 0 Å². The van der Waals surface area contributed by atoms with Crippen molar-refractivity contribution in [1.82, 2.24) is 0 Å². The fourth-order valence-electron chi connectivity index (χ4n) is 0.698. The third kappa shape index (κ3) is 1.51. The van der Waals surface area contributed by atoms with E-state index in [-0.39, 0.29) is 8.81 Å². The van der Waals surface area contributed by atoms with Crippen LogP contribution in [0.3, 0.4) is 0 Å². The zero-order chi connectivity index (χ0) is 6.69. The second kappa shape index (κ2) is 2.95. The highest BCUT2D eigenvalue weighted by atomic mass is 31.1. The Morgan fingerprint density at radius 2 is 2.00 bits per heavy atom. The molecule has 0 aliphatic rings. The van der Waals surface area contributed by atoms with Crippen molar-refractivity contribution in [2.45, 2.75) is 6.92 Å². The Hall–Kier alpha value is -0.390. The highest BCUT2D eigenvalue weighted by Gasteiger charge is 1.91. The summed E-state index contributed by atoms with van der Waals surface area (Å²) in [7, 11) is -0.0711. The van der Waals surface area contributed by atoms with Crippen LogP contribution in [0.4, 0.5) is 0 Å². The Morgan fingerprint density at radius 3 is 2.44 bits per heavy atom. The van der Waals surface area contributed by atoms with Crippen LogP contribution in [0.5, 0.6) is 0 Å². The van der Waals surface area contributed by atoms with Crippen molar-refractivity contribution in [2.24, 2.45) is 0 Å². The summed E-state index contributed by atoms with van der Waals surface area (Å²) >= 11 is 0. The third-order valence-electron chi connectivity index (χ3n) is 1.27. The molecule has 1 atom stereocenters. The summed E-state index contributed by atoms with van der Waals surface area (Å²) in [4.78, 5) is 8.75. The van der Waals surface area contributed by atoms with Gasteiger partial charge in [0.25, 0.3) is 0 Å². The zero-order valence-electron chi connectivity index (χ0n) is 5.26. The summed E-state index contributed by atoms with van der Waals surface area (Å²) in [5.41, 5.74) is 1.17. The van der Waals surface area contributed by atoms with Gasteiger partial charge in [-0.3, -0.25) is 0 Å². The van der Waals surface area contributed by atoms with Gasteiger partial charge in [0.2, 0.25) is 0 Å². The first-order valence-corrected chi connectivity index (χ1v) is 3.75. The van der Waals surface area contributed by atoms with Gasteiger partial charge in [-0.1, -0.05) is 24.3 Å². The minimum Gasteiger partial charge on any atom is -0.372 e. The Labute approximate surface area is 56.6 Å². The molecule has 2 heteroatoms. The quantitative estimate of drug-likeness (QED) is 0.581. The molecule has 1 N–H and O–H groups in total. The predicted molar refractivity (Wildman–Crippen MR) is 41.3 cm³/mol. The average molecular weight is 140 g/mol. The number of hydrogen-bond donors (Lipinski definition) is 1. The average Bonchev–Trinajstić information content (AvgIpc) is 1.89. The molecular weight excluding hydrogens is 131 g/mol. The van der Waals surface area contributed by atoms with Crippen molar-refractivity contribution in [3.8, 4) is 0 Å². The minimum atomic E-state index is -0.0711. The first-order valence-electron chi connectivity index (χ1n) is 2.80. The second-order valence-corrected chi connectivity index (χ2v) is 2.69. The SMILES string of the molecule is Cc1ccccc1PO. The van der Waals surface area contributed by atoms with E-state index in [4.69, 9.17) is 4.89 Å². The van der Waals surface area contributed by atoms with Gasteiger partial charge in [-0.2, -0.15) is 0 Å². The molecule has 0 heterocycles. The molecule has 0 saturated heterocycles. The zero-order valence-corrected chi connectivity index (χ0v) is 6.26. The molecule has 0 aliphatic heterocycles. The maximum absolute atomic E-state index is 8.75. The van der Waals surface area contributed by atoms with Crippen LogP contribution in [0.15, 0.2) is 24.3 Å². The molecule has 0 saturated carbocycles. The van der Waals surface area contributed by atoms with E-state index >= 15 is 0 Å². The maximum Gasteiger partial charge on any atom is 0.0422 e. The van der Waals surface area contributed by atoms with Gasteiger partial charge in [0, 0.05) is 14.1 Å². The van der Waals surface area contributed by atoms with E-state index in [1.54, 1.807) is 0 Å². The molecule has 1 aromatic carbocycles. The van der Waals surface area contributed by atoms with Crippen molar-refractivity contribution in [3.63, 3.8) is 0 Å². The maximum atomic E-state index is 8.75. The van der Waals surface area contributed by atoms with E-state index in [1.807, 2.05) is 31.2 Å². The Morgan fingerprint density at radius 1 is 1.33 bits per heavy atom. The van der Waals surface area contributed by atoms with E-state index in [1.165, 1.54) is 5.56 Å². The molecule has 1 unspecified atom stereocenters. The Bertz CT molecular complexity index is 198. The summed E-state index contributed by atoms with van der Waals surface area (Å²) in [6.45, 7) is 2.00. The minimum absolute atomic E-state index is 0.0711. The van der Waals surface area contributed by atoms with Gasteiger partial charge in [0.1, 0.15) is 0 Å². The van der Waals surface area contributed by atoms with Crippen molar-refractivity contribution in [2.75, 3.05) is 0 Å². The van der Waals surface area contributed by atoms with E-state index in [0.717, 1.165) is 5.30 Å². The summed E-state index contributed by atoms with van der Waals surface area (Å²) in [5, 5.41) is 1.04. The van der Waals surface area contributed by atoms with Crippen LogP contribution in [0.2, 0.25) is 0 Å². The molecule has 0 bridgehead atoms. The Kier molecular flexibility index (Phi) is 2.21. The molecule has 0 amide bonds. The standard InChI is InChI=1S/C7H9OP/c1-6-4-2-3-5-7(6)9-8/h2-5,8-9H,1H3. The smallest absolute Gasteiger partial charge is 0.0422 e. The number of hydrogen-bond acceptors (Lipinski definition) is 1.